The van der Waals surface area contributed by atoms with Gasteiger partial charge >= 0.3 is 0 Å². The lowest BCUT2D eigenvalue weighted by atomic mass is 9.82. The Morgan fingerprint density at radius 2 is 2.05 bits per heavy atom. The van der Waals surface area contributed by atoms with Gasteiger partial charge in [-0.2, -0.15) is 0 Å². The summed E-state index contributed by atoms with van der Waals surface area (Å²) in [7, 11) is 1.83. The molecule has 0 atom stereocenters. The highest BCUT2D eigenvalue weighted by atomic mass is 16.3. The zero-order chi connectivity index (χ0) is 15.9. The van der Waals surface area contributed by atoms with E-state index < -0.39 is 0 Å². The van der Waals surface area contributed by atoms with E-state index in [1.807, 2.05) is 39.1 Å². The highest BCUT2D eigenvalue weighted by Crippen LogP contribution is 2.28. The van der Waals surface area contributed by atoms with Gasteiger partial charge in [-0.3, -0.25) is 9.78 Å². The number of carbonyl (C=O) groups excluding carboxylic acids is 1. The molecule has 1 aromatic carbocycles. The lowest BCUT2D eigenvalue weighted by Gasteiger charge is -2.34. The Morgan fingerprint density at radius 3 is 2.73 bits per heavy atom. The number of aliphatic hydroxyl groups is 1. The van der Waals surface area contributed by atoms with Crippen molar-refractivity contribution >= 4 is 16.8 Å². The van der Waals surface area contributed by atoms with Gasteiger partial charge < -0.3 is 10.0 Å². The van der Waals surface area contributed by atoms with Crippen LogP contribution in [0.5, 0.6) is 0 Å². The average molecular weight is 298 g/mol. The molecule has 0 bridgehead atoms. The topological polar surface area (TPSA) is 53.4 Å². The van der Waals surface area contributed by atoms with Crippen LogP contribution in [0.3, 0.4) is 0 Å². The maximum atomic E-state index is 12.7. The van der Waals surface area contributed by atoms with Crippen LogP contribution in [0.4, 0.5) is 0 Å². The zero-order valence-electron chi connectivity index (χ0n) is 13.3. The first-order valence-electron chi connectivity index (χ1n) is 7.75. The number of aryl methyl sites for hydroxylation is 2. The van der Waals surface area contributed by atoms with E-state index >= 15 is 0 Å². The summed E-state index contributed by atoms with van der Waals surface area (Å²) in [6, 6.07) is 8.02. The molecule has 1 fully saturated rings. The third kappa shape index (κ3) is 2.83. The van der Waals surface area contributed by atoms with Crippen LogP contribution in [0.2, 0.25) is 0 Å². The number of rotatable bonds is 3. The third-order valence-corrected chi connectivity index (χ3v) is 4.48. The smallest absolute Gasteiger partial charge is 0.255 e. The largest absolute Gasteiger partial charge is 0.393 e. The van der Waals surface area contributed by atoms with Gasteiger partial charge in [0.15, 0.2) is 0 Å². The number of benzene rings is 1. The molecule has 0 saturated heterocycles. The van der Waals surface area contributed by atoms with Gasteiger partial charge in [0.2, 0.25) is 0 Å². The predicted molar refractivity (Wildman–Crippen MR) is 86.9 cm³/mol. The molecule has 4 heteroatoms. The Bertz CT molecular complexity index is 720. The zero-order valence-corrected chi connectivity index (χ0v) is 13.3. The molecular weight excluding hydrogens is 276 g/mol. The molecule has 1 heterocycles. The van der Waals surface area contributed by atoms with E-state index in [0.717, 1.165) is 35.0 Å². The highest BCUT2D eigenvalue weighted by Gasteiger charge is 2.29. The van der Waals surface area contributed by atoms with Crippen LogP contribution >= 0.6 is 0 Å². The van der Waals surface area contributed by atoms with Gasteiger partial charge in [0, 0.05) is 19.0 Å². The number of pyridine rings is 1. The number of nitrogens with zero attached hydrogens (tertiary/aromatic N) is 2. The molecule has 0 spiro atoms. The van der Waals surface area contributed by atoms with Crippen molar-refractivity contribution in [2.75, 3.05) is 13.6 Å². The molecule has 4 nitrogen and oxygen atoms in total. The second kappa shape index (κ2) is 5.69. The van der Waals surface area contributed by atoms with E-state index in [-0.39, 0.29) is 12.0 Å². The summed E-state index contributed by atoms with van der Waals surface area (Å²) in [5.41, 5.74) is 3.51. The SMILES string of the molecule is Cc1ccc2nc(C)c(C(=O)N(C)CC3CC(O)C3)cc2c1. The third-order valence-electron chi connectivity index (χ3n) is 4.48. The molecule has 1 aliphatic carbocycles. The van der Waals surface area contributed by atoms with E-state index in [2.05, 4.69) is 11.1 Å². The van der Waals surface area contributed by atoms with E-state index in [1.165, 1.54) is 0 Å². The highest BCUT2D eigenvalue weighted by molar-refractivity contribution is 5.98. The van der Waals surface area contributed by atoms with Crippen LogP contribution in [-0.4, -0.2) is 40.6 Å². The Balaban J connectivity index is 1.84. The number of aromatic nitrogens is 1. The van der Waals surface area contributed by atoms with Crippen molar-refractivity contribution in [3.8, 4) is 0 Å². The first-order chi connectivity index (χ1) is 10.4. The van der Waals surface area contributed by atoms with Gasteiger partial charge in [-0.1, -0.05) is 11.6 Å². The molecule has 0 aliphatic heterocycles. The summed E-state index contributed by atoms with van der Waals surface area (Å²) in [5, 5.41) is 10.4. The molecule has 22 heavy (non-hydrogen) atoms. The number of amides is 1. The van der Waals surface area contributed by atoms with Crippen molar-refractivity contribution in [2.45, 2.75) is 32.8 Å². The maximum absolute atomic E-state index is 12.7. The van der Waals surface area contributed by atoms with Crippen molar-refractivity contribution in [3.63, 3.8) is 0 Å². The number of hydrogen-bond donors (Lipinski definition) is 1. The fourth-order valence-corrected chi connectivity index (χ4v) is 3.13. The van der Waals surface area contributed by atoms with E-state index in [0.29, 0.717) is 18.0 Å². The lowest BCUT2D eigenvalue weighted by molar-refractivity contribution is 0.0265. The summed E-state index contributed by atoms with van der Waals surface area (Å²) in [6.07, 6.45) is 1.41. The van der Waals surface area contributed by atoms with Gasteiger partial charge in [0.1, 0.15) is 0 Å². The summed E-state index contributed by atoms with van der Waals surface area (Å²) >= 11 is 0. The quantitative estimate of drug-likeness (QED) is 0.948. The second-order valence-corrected chi connectivity index (χ2v) is 6.49. The number of carbonyl (C=O) groups is 1. The molecule has 3 rings (SSSR count). The summed E-state index contributed by atoms with van der Waals surface area (Å²) < 4.78 is 0. The standard InChI is InChI=1S/C18H22N2O2/c1-11-4-5-17-14(6-11)9-16(12(2)19-17)18(22)20(3)10-13-7-15(21)8-13/h4-6,9,13,15,21H,7-8,10H2,1-3H3. The molecule has 1 saturated carbocycles. The molecule has 0 unspecified atom stereocenters. The van der Waals surface area contributed by atoms with Crippen molar-refractivity contribution in [3.05, 3.63) is 41.1 Å². The fourth-order valence-electron chi connectivity index (χ4n) is 3.13. The average Bonchev–Trinajstić information content (AvgIpc) is 2.44. The van der Waals surface area contributed by atoms with Gasteiger partial charge in [0.25, 0.3) is 5.91 Å². The van der Waals surface area contributed by atoms with Gasteiger partial charge in [-0.05, 0) is 50.8 Å². The first-order valence-corrected chi connectivity index (χ1v) is 7.75. The normalized spacial score (nSPS) is 20.7. The first kappa shape index (κ1) is 15.0. The summed E-state index contributed by atoms with van der Waals surface area (Å²) in [6.45, 7) is 4.61. The number of fused-ring (bicyclic) bond motifs is 1. The Morgan fingerprint density at radius 1 is 1.32 bits per heavy atom. The van der Waals surface area contributed by atoms with Crippen LogP contribution in [0.1, 0.15) is 34.5 Å². The molecule has 2 aromatic rings. The Kier molecular flexibility index (Phi) is 3.87. The molecular formula is C18H22N2O2. The van der Waals surface area contributed by atoms with Crippen molar-refractivity contribution in [2.24, 2.45) is 5.92 Å². The van der Waals surface area contributed by atoms with Crippen molar-refractivity contribution < 1.29 is 9.90 Å². The van der Waals surface area contributed by atoms with Crippen LogP contribution in [0, 0.1) is 19.8 Å². The fraction of sp³-hybridized carbons (Fsp3) is 0.444. The lowest BCUT2D eigenvalue weighted by Crippen LogP contribution is -2.39. The number of aliphatic hydroxyl groups excluding tert-OH is 1. The molecule has 116 valence electrons. The molecule has 1 aliphatic rings. The van der Waals surface area contributed by atoms with Gasteiger partial charge in [-0.25, -0.2) is 0 Å². The minimum atomic E-state index is -0.180. The monoisotopic (exact) mass is 298 g/mol. The minimum absolute atomic E-state index is 0.00907. The van der Waals surface area contributed by atoms with Crippen LogP contribution in [0.15, 0.2) is 24.3 Å². The number of hydrogen-bond acceptors (Lipinski definition) is 3. The van der Waals surface area contributed by atoms with E-state index in [4.69, 9.17) is 0 Å². The maximum Gasteiger partial charge on any atom is 0.255 e. The minimum Gasteiger partial charge on any atom is -0.393 e. The van der Waals surface area contributed by atoms with Gasteiger partial charge in [-0.15, -0.1) is 0 Å². The second-order valence-electron chi connectivity index (χ2n) is 6.49. The van der Waals surface area contributed by atoms with Crippen molar-refractivity contribution in [1.82, 2.24) is 9.88 Å². The molecule has 1 aromatic heterocycles. The predicted octanol–water partition coefficient (Wildman–Crippen LogP) is 2.69. The van der Waals surface area contributed by atoms with E-state index in [9.17, 15) is 9.90 Å². The summed E-state index contributed by atoms with van der Waals surface area (Å²) in [4.78, 5) is 19.0. The van der Waals surface area contributed by atoms with Crippen LogP contribution in [-0.2, 0) is 0 Å². The molecule has 1 amide bonds. The van der Waals surface area contributed by atoms with Crippen LogP contribution in [0.25, 0.3) is 10.9 Å². The molecule has 0 radical (unpaired) electrons. The van der Waals surface area contributed by atoms with E-state index in [1.54, 1.807) is 4.90 Å². The molecule has 1 N–H and O–H groups in total. The Labute approximate surface area is 130 Å². The summed E-state index contributed by atoms with van der Waals surface area (Å²) in [5.74, 6) is 0.426. The van der Waals surface area contributed by atoms with Crippen LogP contribution < -0.4 is 0 Å². The Hall–Kier alpha value is -1.94. The van der Waals surface area contributed by atoms with Crippen molar-refractivity contribution in [1.29, 1.82) is 0 Å². The van der Waals surface area contributed by atoms with Gasteiger partial charge in [0.05, 0.1) is 22.9 Å².